The van der Waals surface area contributed by atoms with Gasteiger partial charge in [-0.3, -0.25) is 19.7 Å². The van der Waals surface area contributed by atoms with Gasteiger partial charge in [-0.25, -0.2) is 0 Å². The average Bonchev–Trinajstić information content (AvgIpc) is 2.88. The van der Waals surface area contributed by atoms with Crippen LogP contribution in [0.1, 0.15) is 54.1 Å². The fourth-order valence-electron chi connectivity index (χ4n) is 5.31. The van der Waals surface area contributed by atoms with E-state index in [4.69, 9.17) is 0 Å². The molecule has 3 aromatic carbocycles. The maximum atomic E-state index is 14.0. The minimum absolute atomic E-state index is 0.00169. The molecule has 1 unspecified atom stereocenters. The zero-order chi connectivity index (χ0) is 26.3. The van der Waals surface area contributed by atoms with Crippen LogP contribution in [-0.4, -0.2) is 16.5 Å². The lowest BCUT2D eigenvalue weighted by molar-refractivity contribution is -0.384. The van der Waals surface area contributed by atoms with E-state index in [-0.39, 0.29) is 22.7 Å². The zero-order valence-electron chi connectivity index (χ0n) is 21.1. The SMILES string of the molecule is Cc1ccc(N2C=C(C(=O)c3ccccc3)C(c3ccc([N+](=O)[O-])cc3)C3=C2CC(C)(C)CC3=O)cc1. The molecule has 3 aromatic rings. The quantitative estimate of drug-likeness (QED) is 0.219. The molecular weight excluding hydrogens is 464 g/mol. The molecule has 1 atom stereocenters. The lowest BCUT2D eigenvalue weighted by atomic mass is 9.68. The van der Waals surface area contributed by atoms with Crippen LogP contribution in [0.2, 0.25) is 0 Å². The summed E-state index contributed by atoms with van der Waals surface area (Å²) in [5.41, 5.74) is 4.86. The lowest BCUT2D eigenvalue weighted by Crippen LogP contribution is -2.38. The van der Waals surface area contributed by atoms with Crippen LogP contribution >= 0.6 is 0 Å². The second-order valence-electron chi connectivity index (χ2n) is 10.6. The van der Waals surface area contributed by atoms with Crippen LogP contribution in [0.3, 0.4) is 0 Å². The molecule has 0 bridgehead atoms. The monoisotopic (exact) mass is 492 g/mol. The van der Waals surface area contributed by atoms with Gasteiger partial charge in [0.25, 0.3) is 5.69 Å². The number of rotatable bonds is 5. The summed E-state index contributed by atoms with van der Waals surface area (Å²) in [5, 5.41) is 11.3. The molecule has 2 aliphatic rings. The van der Waals surface area contributed by atoms with Gasteiger partial charge in [0.1, 0.15) is 0 Å². The molecule has 5 rings (SSSR count). The highest BCUT2D eigenvalue weighted by atomic mass is 16.6. The summed E-state index contributed by atoms with van der Waals surface area (Å²) in [5.74, 6) is -0.794. The van der Waals surface area contributed by atoms with Crippen molar-refractivity contribution in [2.24, 2.45) is 5.41 Å². The molecule has 1 aliphatic heterocycles. The number of anilines is 1. The number of Topliss-reactive ketones (excluding diaryl/α,β-unsaturated/α-hetero) is 2. The van der Waals surface area contributed by atoms with E-state index in [1.807, 2.05) is 60.5 Å². The van der Waals surface area contributed by atoms with Crippen molar-refractivity contribution in [1.82, 2.24) is 0 Å². The molecule has 0 radical (unpaired) electrons. The molecule has 0 saturated carbocycles. The number of aryl methyl sites for hydroxylation is 1. The van der Waals surface area contributed by atoms with E-state index in [1.54, 1.807) is 24.3 Å². The van der Waals surface area contributed by atoms with Crippen molar-refractivity contribution in [3.05, 3.63) is 129 Å². The van der Waals surface area contributed by atoms with Gasteiger partial charge in [-0.2, -0.15) is 0 Å². The molecule has 1 aliphatic carbocycles. The van der Waals surface area contributed by atoms with Crippen LogP contribution in [0, 0.1) is 22.5 Å². The summed E-state index contributed by atoms with van der Waals surface area (Å²) in [6.45, 7) is 6.18. The number of non-ortho nitro benzene ring substituents is 1. The summed E-state index contributed by atoms with van der Waals surface area (Å²) >= 11 is 0. The number of ketones is 2. The van der Waals surface area contributed by atoms with Crippen molar-refractivity contribution in [2.45, 2.75) is 39.5 Å². The van der Waals surface area contributed by atoms with Crippen molar-refractivity contribution in [2.75, 3.05) is 4.90 Å². The van der Waals surface area contributed by atoms with Crippen molar-refractivity contribution < 1.29 is 14.5 Å². The second-order valence-corrected chi connectivity index (χ2v) is 10.6. The molecule has 0 N–H and O–H groups in total. The molecule has 0 spiro atoms. The number of nitro groups is 1. The van der Waals surface area contributed by atoms with E-state index in [1.165, 1.54) is 12.1 Å². The average molecular weight is 493 g/mol. The maximum absolute atomic E-state index is 14.0. The van der Waals surface area contributed by atoms with Gasteiger partial charge in [-0.1, -0.05) is 74.0 Å². The van der Waals surface area contributed by atoms with Gasteiger partial charge >= 0.3 is 0 Å². The Labute approximate surface area is 216 Å². The number of nitrogens with zero attached hydrogens (tertiary/aromatic N) is 2. The van der Waals surface area contributed by atoms with Crippen molar-refractivity contribution in [3.63, 3.8) is 0 Å². The normalized spacial score (nSPS) is 18.8. The van der Waals surface area contributed by atoms with Crippen LogP contribution in [0.4, 0.5) is 11.4 Å². The Morgan fingerprint density at radius 2 is 1.59 bits per heavy atom. The Bertz CT molecular complexity index is 1450. The minimum atomic E-state index is -0.617. The summed E-state index contributed by atoms with van der Waals surface area (Å²) in [6.07, 6.45) is 2.89. The first-order valence-electron chi connectivity index (χ1n) is 12.3. The van der Waals surface area contributed by atoms with Gasteiger partial charge in [0.2, 0.25) is 0 Å². The number of hydrogen-bond acceptors (Lipinski definition) is 5. The van der Waals surface area contributed by atoms with Gasteiger partial charge in [0.15, 0.2) is 11.6 Å². The minimum Gasteiger partial charge on any atom is -0.320 e. The third-order valence-electron chi connectivity index (χ3n) is 7.10. The smallest absolute Gasteiger partial charge is 0.269 e. The van der Waals surface area contributed by atoms with Crippen molar-refractivity contribution in [3.8, 4) is 0 Å². The van der Waals surface area contributed by atoms with E-state index in [0.29, 0.717) is 35.1 Å². The zero-order valence-corrected chi connectivity index (χ0v) is 21.1. The standard InChI is InChI=1S/C31H28N2O4/c1-20-9-13-23(14-10-20)32-19-25(30(35)22-7-5-4-6-8-22)28(21-11-15-24(16-12-21)33(36)37)29-26(32)17-31(2,3)18-27(29)34/h4-16,19,28H,17-18H2,1-3H3. The first kappa shape index (κ1) is 24.4. The van der Waals surface area contributed by atoms with Gasteiger partial charge in [-0.05, 0) is 36.5 Å². The molecule has 0 saturated heterocycles. The fraction of sp³-hybridized carbons (Fsp3) is 0.226. The van der Waals surface area contributed by atoms with Crippen molar-refractivity contribution in [1.29, 1.82) is 0 Å². The lowest BCUT2D eigenvalue weighted by Gasteiger charge is -2.43. The van der Waals surface area contributed by atoms with Gasteiger partial charge < -0.3 is 4.90 Å². The number of nitro benzene ring substituents is 1. The Morgan fingerprint density at radius 3 is 2.22 bits per heavy atom. The summed E-state index contributed by atoms with van der Waals surface area (Å²) in [6, 6.07) is 23.2. The predicted molar refractivity (Wildman–Crippen MR) is 143 cm³/mol. The second kappa shape index (κ2) is 9.28. The highest BCUT2D eigenvalue weighted by Crippen LogP contribution is 2.49. The fourth-order valence-corrected chi connectivity index (χ4v) is 5.31. The number of benzene rings is 3. The Hall–Kier alpha value is -4.32. The van der Waals surface area contributed by atoms with Gasteiger partial charge in [0, 0.05) is 58.8 Å². The predicted octanol–water partition coefficient (Wildman–Crippen LogP) is 6.92. The molecule has 0 amide bonds. The van der Waals surface area contributed by atoms with E-state index in [0.717, 1.165) is 16.9 Å². The Morgan fingerprint density at radius 1 is 0.946 bits per heavy atom. The molecule has 0 fully saturated rings. The van der Waals surface area contributed by atoms with E-state index < -0.39 is 10.8 Å². The van der Waals surface area contributed by atoms with Crippen LogP contribution in [0.25, 0.3) is 0 Å². The van der Waals surface area contributed by atoms with Crippen LogP contribution in [0.15, 0.2) is 102 Å². The molecule has 6 heteroatoms. The maximum Gasteiger partial charge on any atom is 0.269 e. The first-order valence-corrected chi connectivity index (χ1v) is 12.3. The number of carbonyl (C=O) groups is 2. The summed E-state index contributed by atoms with van der Waals surface area (Å²) < 4.78 is 0. The highest BCUT2D eigenvalue weighted by molar-refractivity contribution is 6.13. The Kier molecular flexibility index (Phi) is 6.12. The van der Waals surface area contributed by atoms with Crippen LogP contribution in [0.5, 0.6) is 0 Å². The summed E-state index contributed by atoms with van der Waals surface area (Å²) in [4.78, 5) is 40.6. The van der Waals surface area contributed by atoms with Gasteiger partial charge in [0.05, 0.1) is 4.92 Å². The Balaban J connectivity index is 1.75. The number of carbonyl (C=O) groups excluding carboxylic acids is 2. The highest BCUT2D eigenvalue weighted by Gasteiger charge is 2.44. The molecule has 186 valence electrons. The largest absolute Gasteiger partial charge is 0.320 e. The first-order chi connectivity index (χ1) is 17.6. The van der Waals surface area contributed by atoms with Crippen molar-refractivity contribution >= 4 is 22.9 Å². The molecule has 0 aromatic heterocycles. The molecule has 1 heterocycles. The third-order valence-corrected chi connectivity index (χ3v) is 7.10. The van der Waals surface area contributed by atoms with Crippen LogP contribution < -0.4 is 4.90 Å². The third kappa shape index (κ3) is 4.62. The topological polar surface area (TPSA) is 80.5 Å². The van der Waals surface area contributed by atoms with E-state index in [2.05, 4.69) is 13.8 Å². The molecule has 6 nitrogen and oxygen atoms in total. The van der Waals surface area contributed by atoms with Gasteiger partial charge in [-0.15, -0.1) is 0 Å². The van der Waals surface area contributed by atoms with E-state index >= 15 is 0 Å². The van der Waals surface area contributed by atoms with E-state index in [9.17, 15) is 19.7 Å². The molecule has 37 heavy (non-hydrogen) atoms. The number of allylic oxidation sites excluding steroid dienone is 3. The number of hydrogen-bond donors (Lipinski definition) is 0. The van der Waals surface area contributed by atoms with Crippen LogP contribution in [-0.2, 0) is 4.79 Å². The molecular formula is C31H28N2O4. The summed E-state index contributed by atoms with van der Waals surface area (Å²) in [7, 11) is 0.